The second-order valence-corrected chi connectivity index (χ2v) is 10.2. The summed E-state index contributed by atoms with van der Waals surface area (Å²) in [6, 6.07) is 13.5. The quantitative estimate of drug-likeness (QED) is 0.580. The Bertz CT molecular complexity index is 1210. The Kier molecular flexibility index (Phi) is 7.28. The minimum absolute atomic E-state index is 0.137. The van der Waals surface area contributed by atoms with E-state index in [0.717, 1.165) is 31.4 Å². The lowest BCUT2D eigenvalue weighted by Crippen LogP contribution is -2.35. The van der Waals surface area contributed by atoms with Gasteiger partial charge in [0.1, 0.15) is 0 Å². The number of anilines is 2. The van der Waals surface area contributed by atoms with E-state index in [1.54, 1.807) is 23.1 Å². The molecule has 0 atom stereocenters. The second kappa shape index (κ2) is 10.4. The summed E-state index contributed by atoms with van der Waals surface area (Å²) >= 11 is 0. The third kappa shape index (κ3) is 4.97. The molecular formula is C24H28N4O5S. The lowest BCUT2D eigenvalue weighted by atomic mass is 10.1. The van der Waals surface area contributed by atoms with Gasteiger partial charge in [-0.15, -0.1) is 0 Å². The summed E-state index contributed by atoms with van der Waals surface area (Å²) in [6.45, 7) is 3.13. The predicted molar refractivity (Wildman–Crippen MR) is 129 cm³/mol. The van der Waals surface area contributed by atoms with Crippen molar-refractivity contribution < 1.29 is 22.8 Å². The van der Waals surface area contributed by atoms with Gasteiger partial charge in [-0.25, -0.2) is 8.42 Å². The van der Waals surface area contributed by atoms with Crippen molar-refractivity contribution in [2.24, 2.45) is 5.16 Å². The van der Waals surface area contributed by atoms with E-state index >= 15 is 0 Å². The third-order valence-electron chi connectivity index (χ3n) is 5.77. The van der Waals surface area contributed by atoms with Gasteiger partial charge in [0, 0.05) is 30.9 Å². The highest BCUT2D eigenvalue weighted by Crippen LogP contribution is 2.29. The van der Waals surface area contributed by atoms with Crippen LogP contribution >= 0.6 is 0 Å². The molecule has 2 aliphatic rings. The smallest absolute Gasteiger partial charge is 0.281 e. The van der Waals surface area contributed by atoms with Crippen LogP contribution in [0.25, 0.3) is 0 Å². The molecule has 9 nitrogen and oxygen atoms in total. The molecule has 0 radical (unpaired) electrons. The number of para-hydroxylation sites is 1. The van der Waals surface area contributed by atoms with Crippen molar-refractivity contribution in [3.8, 4) is 0 Å². The fourth-order valence-corrected chi connectivity index (χ4v) is 5.70. The van der Waals surface area contributed by atoms with Crippen LogP contribution in [0.1, 0.15) is 38.2 Å². The van der Waals surface area contributed by atoms with E-state index < -0.39 is 22.5 Å². The number of hydrogen-bond acceptors (Lipinski definition) is 6. The lowest BCUT2D eigenvalue weighted by molar-refractivity contribution is -0.121. The van der Waals surface area contributed by atoms with Crippen molar-refractivity contribution >= 4 is 38.9 Å². The lowest BCUT2D eigenvalue weighted by Gasteiger charge is -2.26. The van der Waals surface area contributed by atoms with Crippen LogP contribution in [0.15, 0.2) is 58.6 Å². The van der Waals surface area contributed by atoms with Gasteiger partial charge in [-0.1, -0.05) is 42.8 Å². The maximum absolute atomic E-state index is 12.9. The average Bonchev–Trinajstić information content (AvgIpc) is 3.11. The minimum Gasteiger partial charge on any atom is -0.385 e. The first-order chi connectivity index (χ1) is 16.4. The molecule has 2 aromatic carbocycles. The molecule has 0 unspecified atom stereocenters. The standard InChI is InChI=1S/C24H28N4O5S/c1-2-13-28-21-12-5-4-11-20(21)23(24(28)30)26-33-17-22(29)25-18-9-8-10-19(16-18)34(31,32)27-14-6-3-7-15-27/h4-5,8-12,16H,2-3,6-7,13-15,17H2,1H3,(H,25,29)/b26-23+. The van der Waals surface area contributed by atoms with Crippen molar-refractivity contribution in [3.05, 3.63) is 54.1 Å². The van der Waals surface area contributed by atoms with Gasteiger partial charge in [-0.2, -0.15) is 4.31 Å². The highest BCUT2D eigenvalue weighted by molar-refractivity contribution is 7.89. The van der Waals surface area contributed by atoms with Gasteiger partial charge in [0.15, 0.2) is 12.3 Å². The first kappa shape index (κ1) is 23.9. The molecule has 2 amide bonds. The van der Waals surface area contributed by atoms with Crippen molar-refractivity contribution in [1.82, 2.24) is 4.31 Å². The Balaban J connectivity index is 1.40. The van der Waals surface area contributed by atoms with E-state index in [2.05, 4.69) is 10.5 Å². The Morgan fingerprint density at radius 3 is 2.62 bits per heavy atom. The van der Waals surface area contributed by atoms with Gasteiger partial charge in [0.05, 0.1) is 10.6 Å². The predicted octanol–water partition coefficient (Wildman–Crippen LogP) is 2.98. The molecule has 2 heterocycles. The molecule has 2 aliphatic heterocycles. The summed E-state index contributed by atoms with van der Waals surface area (Å²) in [5.74, 6) is -0.778. The molecule has 1 saturated heterocycles. The first-order valence-electron chi connectivity index (χ1n) is 11.4. The van der Waals surface area contributed by atoms with E-state index in [9.17, 15) is 18.0 Å². The number of rotatable bonds is 8. The van der Waals surface area contributed by atoms with Crippen LogP contribution in [0.3, 0.4) is 0 Å². The third-order valence-corrected chi connectivity index (χ3v) is 7.66. The van der Waals surface area contributed by atoms with Crippen LogP contribution in [-0.4, -0.2) is 56.5 Å². The number of amides is 2. The SMILES string of the molecule is CCCN1C(=O)/C(=N/OCC(=O)Nc2cccc(S(=O)(=O)N3CCCCC3)c2)c2ccccc21. The molecule has 0 saturated carbocycles. The van der Waals surface area contributed by atoms with Gasteiger partial charge in [0.2, 0.25) is 10.0 Å². The number of sulfonamides is 1. The van der Waals surface area contributed by atoms with Crippen LogP contribution in [0, 0.1) is 0 Å². The number of piperidine rings is 1. The largest absolute Gasteiger partial charge is 0.385 e. The number of benzene rings is 2. The number of nitrogens with one attached hydrogen (secondary N) is 1. The topological polar surface area (TPSA) is 108 Å². The van der Waals surface area contributed by atoms with E-state index in [0.29, 0.717) is 30.9 Å². The summed E-state index contributed by atoms with van der Waals surface area (Å²) in [4.78, 5) is 32.1. The number of nitrogens with zero attached hydrogens (tertiary/aromatic N) is 3. The summed E-state index contributed by atoms with van der Waals surface area (Å²) in [5.41, 5.74) is 1.94. The van der Waals surface area contributed by atoms with Gasteiger partial charge in [-0.3, -0.25) is 9.59 Å². The van der Waals surface area contributed by atoms with Gasteiger partial charge >= 0.3 is 0 Å². The van der Waals surface area contributed by atoms with Crippen LogP contribution in [0.4, 0.5) is 11.4 Å². The van der Waals surface area contributed by atoms with Crippen molar-refractivity contribution in [2.75, 3.05) is 36.5 Å². The molecule has 2 aromatic rings. The Morgan fingerprint density at radius 2 is 1.85 bits per heavy atom. The first-order valence-corrected chi connectivity index (χ1v) is 12.9. The number of carbonyl (C=O) groups excluding carboxylic acids is 2. The molecule has 0 aliphatic carbocycles. The van der Waals surface area contributed by atoms with E-state index in [1.807, 2.05) is 25.1 Å². The zero-order valence-electron chi connectivity index (χ0n) is 19.1. The fraction of sp³-hybridized carbons (Fsp3) is 0.375. The van der Waals surface area contributed by atoms with Gasteiger partial charge in [0.25, 0.3) is 11.8 Å². The molecular weight excluding hydrogens is 456 g/mol. The van der Waals surface area contributed by atoms with Crippen LogP contribution in [0.2, 0.25) is 0 Å². The van der Waals surface area contributed by atoms with E-state index in [-0.39, 0.29) is 16.5 Å². The maximum Gasteiger partial charge on any atom is 0.281 e. The second-order valence-electron chi connectivity index (χ2n) is 8.23. The molecule has 4 rings (SSSR count). The van der Waals surface area contributed by atoms with E-state index in [4.69, 9.17) is 4.84 Å². The normalized spacial score (nSPS) is 17.6. The summed E-state index contributed by atoms with van der Waals surface area (Å²) in [7, 11) is -3.61. The van der Waals surface area contributed by atoms with Crippen LogP contribution in [0.5, 0.6) is 0 Å². The summed E-state index contributed by atoms with van der Waals surface area (Å²) in [5, 5.41) is 6.57. The zero-order valence-corrected chi connectivity index (χ0v) is 19.9. The fourth-order valence-electron chi connectivity index (χ4n) is 4.14. The maximum atomic E-state index is 12.9. The molecule has 0 aromatic heterocycles. The van der Waals surface area contributed by atoms with E-state index in [1.165, 1.54) is 16.4 Å². The van der Waals surface area contributed by atoms with Crippen molar-refractivity contribution in [1.29, 1.82) is 0 Å². The molecule has 0 bridgehead atoms. The number of carbonyl (C=O) groups is 2. The monoisotopic (exact) mass is 484 g/mol. The number of oxime groups is 1. The molecule has 1 fully saturated rings. The Hall–Kier alpha value is -3.24. The average molecular weight is 485 g/mol. The molecule has 1 N–H and O–H groups in total. The Labute approximate surface area is 199 Å². The number of hydrogen-bond donors (Lipinski definition) is 1. The highest BCUT2D eigenvalue weighted by Gasteiger charge is 2.33. The Morgan fingerprint density at radius 1 is 1.09 bits per heavy atom. The number of fused-ring (bicyclic) bond motifs is 1. The van der Waals surface area contributed by atoms with Crippen LogP contribution < -0.4 is 10.2 Å². The minimum atomic E-state index is -3.61. The van der Waals surface area contributed by atoms with Crippen LogP contribution in [-0.2, 0) is 24.4 Å². The molecule has 10 heteroatoms. The molecule has 180 valence electrons. The summed E-state index contributed by atoms with van der Waals surface area (Å²) < 4.78 is 27.2. The van der Waals surface area contributed by atoms with Gasteiger partial charge < -0.3 is 15.1 Å². The van der Waals surface area contributed by atoms with Crippen molar-refractivity contribution in [2.45, 2.75) is 37.5 Å². The van der Waals surface area contributed by atoms with Crippen molar-refractivity contribution in [3.63, 3.8) is 0 Å². The zero-order chi connectivity index (χ0) is 24.1. The highest BCUT2D eigenvalue weighted by atomic mass is 32.2. The summed E-state index contributed by atoms with van der Waals surface area (Å²) in [6.07, 6.45) is 3.51. The van der Waals surface area contributed by atoms with Gasteiger partial charge in [-0.05, 0) is 43.5 Å². The molecule has 0 spiro atoms. The molecule has 34 heavy (non-hydrogen) atoms.